The van der Waals surface area contributed by atoms with E-state index in [-0.39, 0.29) is 0 Å². The Labute approximate surface area is 95.0 Å². The van der Waals surface area contributed by atoms with Crippen LogP contribution in [0.1, 0.15) is 18.9 Å². The first kappa shape index (κ1) is 12.1. The molecule has 0 saturated heterocycles. The summed E-state index contributed by atoms with van der Waals surface area (Å²) in [6.45, 7) is 2.66. The molecule has 0 aliphatic heterocycles. The van der Waals surface area contributed by atoms with E-state index < -0.39 is 0 Å². The molecule has 0 heterocycles. The lowest BCUT2D eigenvalue weighted by atomic mass is 10.1. The van der Waals surface area contributed by atoms with E-state index in [0.29, 0.717) is 6.61 Å². The van der Waals surface area contributed by atoms with E-state index >= 15 is 0 Å². The normalized spacial score (nSPS) is 10.3. The van der Waals surface area contributed by atoms with Crippen LogP contribution in [-0.4, -0.2) is 24.0 Å². The molecule has 0 amide bonds. The zero-order valence-electron chi connectivity index (χ0n) is 9.88. The third-order valence-corrected chi connectivity index (χ3v) is 3.05. The number of ether oxygens (including phenoxy) is 2. The summed E-state index contributed by atoms with van der Waals surface area (Å²) in [5.41, 5.74) is 1.34. The van der Waals surface area contributed by atoms with Gasteiger partial charge in [0.05, 0.1) is 13.7 Å². The Morgan fingerprint density at radius 2 is 2.07 bits per heavy atom. The van der Waals surface area contributed by atoms with Crippen LogP contribution in [0, 0.1) is 0 Å². The fourth-order valence-electron chi connectivity index (χ4n) is 1.52. The summed E-state index contributed by atoms with van der Waals surface area (Å²) in [6.07, 6.45) is 2.43. The van der Waals surface area contributed by atoms with E-state index in [1.807, 2.05) is 13.0 Å². The van der Waals surface area contributed by atoms with Gasteiger partial charge >= 0.3 is 0 Å². The van der Waals surface area contributed by atoms with Gasteiger partial charge in [0.1, 0.15) is 0 Å². The van der Waals surface area contributed by atoms with Gasteiger partial charge in [-0.1, -0.05) is 18.5 Å². The third-order valence-electron chi connectivity index (χ3n) is 2.35. The van der Waals surface area contributed by atoms with E-state index in [4.69, 9.17) is 9.47 Å². The van der Waals surface area contributed by atoms with Gasteiger partial charge in [-0.25, -0.2) is 0 Å². The SMILES string of the molecule is CCOc1ccc(CCC[SiH3])cc1OC. The lowest BCUT2D eigenvalue weighted by Crippen LogP contribution is -1.96. The highest BCUT2D eigenvalue weighted by molar-refractivity contribution is 6.08. The van der Waals surface area contributed by atoms with Gasteiger partial charge in [0, 0.05) is 10.2 Å². The molecule has 0 fully saturated rings. The maximum Gasteiger partial charge on any atom is 0.161 e. The van der Waals surface area contributed by atoms with Crippen LogP contribution in [0.15, 0.2) is 18.2 Å². The molecule has 0 atom stereocenters. The fourth-order valence-corrected chi connectivity index (χ4v) is 1.88. The van der Waals surface area contributed by atoms with Crippen LogP contribution in [0.25, 0.3) is 0 Å². The Morgan fingerprint density at radius 3 is 2.67 bits per heavy atom. The van der Waals surface area contributed by atoms with Crippen LogP contribution >= 0.6 is 0 Å². The smallest absolute Gasteiger partial charge is 0.161 e. The van der Waals surface area contributed by atoms with Crippen molar-refractivity contribution in [2.24, 2.45) is 0 Å². The van der Waals surface area contributed by atoms with Gasteiger partial charge in [0.2, 0.25) is 0 Å². The Hall–Kier alpha value is -0.963. The standard InChI is InChI=1S/C12H20O2Si/c1-3-14-11-7-6-10(5-4-8-15)9-12(11)13-2/h6-7,9H,3-5,8H2,1-2,15H3. The van der Waals surface area contributed by atoms with Gasteiger partial charge in [-0.15, -0.1) is 0 Å². The molecular formula is C12H20O2Si. The summed E-state index contributed by atoms with van der Waals surface area (Å²) < 4.78 is 10.8. The van der Waals surface area contributed by atoms with Crippen LogP contribution in [-0.2, 0) is 6.42 Å². The molecule has 0 unspecified atom stereocenters. The highest BCUT2D eigenvalue weighted by atomic mass is 28.1. The molecule has 1 rings (SSSR count). The van der Waals surface area contributed by atoms with E-state index in [9.17, 15) is 0 Å². The minimum absolute atomic E-state index is 0.677. The monoisotopic (exact) mass is 224 g/mol. The first-order chi connectivity index (χ1) is 7.31. The molecule has 0 aliphatic rings. The zero-order valence-corrected chi connectivity index (χ0v) is 11.9. The number of benzene rings is 1. The highest BCUT2D eigenvalue weighted by Crippen LogP contribution is 2.28. The fraction of sp³-hybridized carbons (Fsp3) is 0.500. The molecule has 0 radical (unpaired) electrons. The van der Waals surface area contributed by atoms with Crippen LogP contribution in [0.4, 0.5) is 0 Å². The summed E-state index contributed by atoms with van der Waals surface area (Å²) in [5, 5.41) is 0. The molecule has 0 saturated carbocycles. The number of rotatable bonds is 6. The van der Waals surface area contributed by atoms with Gasteiger partial charge in [0.25, 0.3) is 0 Å². The van der Waals surface area contributed by atoms with Crippen molar-refractivity contribution in [2.75, 3.05) is 13.7 Å². The molecule has 0 aromatic heterocycles. The Kier molecular flexibility index (Phi) is 5.25. The number of aryl methyl sites for hydroxylation is 1. The van der Waals surface area contributed by atoms with Crippen molar-refractivity contribution in [3.63, 3.8) is 0 Å². The van der Waals surface area contributed by atoms with Crippen molar-refractivity contribution in [3.05, 3.63) is 23.8 Å². The van der Waals surface area contributed by atoms with Gasteiger partial charge < -0.3 is 9.47 Å². The second-order valence-electron chi connectivity index (χ2n) is 3.52. The van der Waals surface area contributed by atoms with Crippen LogP contribution in [0.5, 0.6) is 11.5 Å². The Morgan fingerprint density at radius 1 is 1.27 bits per heavy atom. The highest BCUT2D eigenvalue weighted by Gasteiger charge is 2.04. The van der Waals surface area contributed by atoms with Crippen LogP contribution in [0.3, 0.4) is 0 Å². The van der Waals surface area contributed by atoms with Gasteiger partial charge in [0.15, 0.2) is 11.5 Å². The maximum atomic E-state index is 5.47. The summed E-state index contributed by atoms with van der Waals surface area (Å²) >= 11 is 0. The second-order valence-corrected chi connectivity index (χ2v) is 4.52. The quantitative estimate of drug-likeness (QED) is 0.686. The van der Waals surface area contributed by atoms with Crippen LogP contribution < -0.4 is 9.47 Å². The molecule has 1 aromatic carbocycles. The Balaban J connectivity index is 2.77. The van der Waals surface area contributed by atoms with Crippen molar-refractivity contribution in [1.29, 1.82) is 0 Å². The lowest BCUT2D eigenvalue weighted by Gasteiger charge is -2.10. The second kappa shape index (κ2) is 6.51. The molecule has 2 nitrogen and oxygen atoms in total. The minimum atomic E-state index is 0.677. The maximum absolute atomic E-state index is 5.47. The third kappa shape index (κ3) is 3.59. The van der Waals surface area contributed by atoms with E-state index in [0.717, 1.165) is 17.9 Å². The zero-order chi connectivity index (χ0) is 11.1. The molecule has 1 aromatic rings. The average Bonchev–Trinajstić information content (AvgIpc) is 2.28. The predicted molar refractivity (Wildman–Crippen MR) is 67.2 cm³/mol. The predicted octanol–water partition coefficient (Wildman–Crippen LogP) is 1.81. The van der Waals surface area contributed by atoms with Crippen molar-refractivity contribution >= 4 is 10.2 Å². The molecule has 3 heteroatoms. The van der Waals surface area contributed by atoms with Crippen LogP contribution in [0.2, 0.25) is 6.04 Å². The minimum Gasteiger partial charge on any atom is -0.493 e. The largest absolute Gasteiger partial charge is 0.493 e. The molecule has 0 aliphatic carbocycles. The van der Waals surface area contributed by atoms with Gasteiger partial charge in [-0.05, 0) is 31.0 Å². The van der Waals surface area contributed by atoms with E-state index in [1.165, 1.54) is 28.3 Å². The average molecular weight is 224 g/mol. The summed E-state index contributed by atoms with van der Waals surface area (Å²) in [6, 6.07) is 7.58. The first-order valence-electron chi connectivity index (χ1n) is 5.61. The molecule has 0 N–H and O–H groups in total. The van der Waals surface area contributed by atoms with Crippen molar-refractivity contribution in [1.82, 2.24) is 0 Å². The molecular weight excluding hydrogens is 204 g/mol. The van der Waals surface area contributed by atoms with Crippen molar-refractivity contribution in [3.8, 4) is 11.5 Å². The first-order valence-corrected chi connectivity index (χ1v) is 7.03. The molecule has 0 bridgehead atoms. The topological polar surface area (TPSA) is 18.5 Å². The van der Waals surface area contributed by atoms with Gasteiger partial charge in [-0.2, -0.15) is 0 Å². The summed E-state index contributed by atoms with van der Waals surface area (Å²) in [7, 11) is 2.98. The van der Waals surface area contributed by atoms with Crippen molar-refractivity contribution < 1.29 is 9.47 Å². The molecule has 0 spiro atoms. The van der Waals surface area contributed by atoms with E-state index in [1.54, 1.807) is 7.11 Å². The lowest BCUT2D eigenvalue weighted by molar-refractivity contribution is 0.310. The number of hydrogen-bond donors (Lipinski definition) is 0. The molecule has 84 valence electrons. The molecule has 15 heavy (non-hydrogen) atoms. The number of hydrogen-bond acceptors (Lipinski definition) is 2. The van der Waals surface area contributed by atoms with E-state index in [2.05, 4.69) is 12.1 Å². The number of methoxy groups -OCH3 is 1. The van der Waals surface area contributed by atoms with Crippen molar-refractivity contribution in [2.45, 2.75) is 25.8 Å². The Bertz CT molecular complexity index is 300. The van der Waals surface area contributed by atoms with Gasteiger partial charge in [-0.3, -0.25) is 0 Å². The summed E-state index contributed by atoms with van der Waals surface area (Å²) in [4.78, 5) is 0. The summed E-state index contributed by atoms with van der Waals surface area (Å²) in [5.74, 6) is 1.69.